The third-order valence-electron chi connectivity index (χ3n) is 6.46. The summed E-state index contributed by atoms with van der Waals surface area (Å²) in [6.07, 6.45) is 5.09. The maximum Gasteiger partial charge on any atom is 0.161 e. The number of ether oxygens (including phenoxy) is 3. The summed E-state index contributed by atoms with van der Waals surface area (Å²) in [4.78, 5) is 2.40. The van der Waals surface area contributed by atoms with E-state index in [4.69, 9.17) is 19.3 Å². The maximum atomic E-state index is 6.27. The van der Waals surface area contributed by atoms with E-state index in [9.17, 15) is 0 Å². The van der Waals surface area contributed by atoms with Crippen LogP contribution in [0.2, 0.25) is 0 Å². The van der Waals surface area contributed by atoms with E-state index in [0.717, 1.165) is 63.7 Å². The highest BCUT2D eigenvalue weighted by molar-refractivity contribution is 5.51. The molecular formula is C25H38N4O3. The lowest BCUT2D eigenvalue weighted by Gasteiger charge is -2.29. The Kier molecular flexibility index (Phi) is 7.58. The Balaban J connectivity index is 1.47. The molecule has 2 aliphatic rings. The first-order chi connectivity index (χ1) is 15.6. The fraction of sp³-hybridized carbons (Fsp3) is 0.640. The minimum absolute atomic E-state index is 0.312. The summed E-state index contributed by atoms with van der Waals surface area (Å²) >= 11 is 0. The van der Waals surface area contributed by atoms with Crippen LogP contribution in [-0.2, 0) is 24.9 Å². The molecule has 0 spiro atoms. The van der Waals surface area contributed by atoms with E-state index in [1.165, 1.54) is 35.5 Å². The zero-order valence-electron chi connectivity index (χ0n) is 20.0. The molecule has 2 aromatic rings. The van der Waals surface area contributed by atoms with E-state index in [1.807, 2.05) is 10.7 Å². The number of aryl methyl sites for hydroxylation is 1. The van der Waals surface area contributed by atoms with E-state index < -0.39 is 0 Å². The Morgan fingerprint density at radius 1 is 1.12 bits per heavy atom. The molecule has 2 fully saturated rings. The minimum Gasteiger partial charge on any atom is -0.493 e. The highest BCUT2D eigenvalue weighted by Crippen LogP contribution is 2.33. The van der Waals surface area contributed by atoms with Gasteiger partial charge in [-0.15, -0.1) is 0 Å². The van der Waals surface area contributed by atoms with Gasteiger partial charge in [0.25, 0.3) is 0 Å². The third-order valence-corrected chi connectivity index (χ3v) is 6.46. The standard InChI is InChI=1S/C25H38N4O3/c1-18(2)24-21(25(28(3)27-24)29-11-13-31-14-12-29)17-26-16-19-9-10-22(30-4)23(15-19)32-20-7-5-6-8-20/h9-10,15,18,20,26H,5-8,11-14,16-17H2,1-4H3. The van der Waals surface area contributed by atoms with Gasteiger partial charge in [-0.2, -0.15) is 5.10 Å². The number of aromatic nitrogens is 2. The Bertz CT molecular complexity index is 884. The van der Waals surface area contributed by atoms with Crippen LogP contribution in [0, 0.1) is 0 Å². The van der Waals surface area contributed by atoms with Gasteiger partial charge in [0.2, 0.25) is 0 Å². The van der Waals surface area contributed by atoms with Gasteiger partial charge in [0.15, 0.2) is 11.5 Å². The van der Waals surface area contributed by atoms with Crippen molar-refractivity contribution in [3.8, 4) is 11.5 Å². The van der Waals surface area contributed by atoms with Crippen molar-refractivity contribution in [2.24, 2.45) is 7.05 Å². The van der Waals surface area contributed by atoms with Crippen molar-refractivity contribution in [2.45, 2.75) is 64.6 Å². The molecule has 32 heavy (non-hydrogen) atoms. The number of benzene rings is 1. The second-order valence-corrected chi connectivity index (χ2v) is 9.18. The van der Waals surface area contributed by atoms with Crippen LogP contribution in [0.3, 0.4) is 0 Å². The average Bonchev–Trinajstić information content (AvgIpc) is 3.42. The lowest BCUT2D eigenvalue weighted by atomic mass is 10.0. The SMILES string of the molecule is COc1ccc(CNCc2c(C(C)C)nn(C)c2N2CCOCC2)cc1OC1CCCC1. The van der Waals surface area contributed by atoms with Gasteiger partial charge in [-0.05, 0) is 49.3 Å². The Morgan fingerprint density at radius 3 is 2.56 bits per heavy atom. The highest BCUT2D eigenvalue weighted by Gasteiger charge is 2.24. The van der Waals surface area contributed by atoms with Crippen molar-refractivity contribution in [3.05, 3.63) is 35.0 Å². The molecule has 7 nitrogen and oxygen atoms in total. The summed E-state index contributed by atoms with van der Waals surface area (Å²) in [5.41, 5.74) is 3.66. The van der Waals surface area contributed by atoms with Gasteiger partial charge in [0, 0.05) is 38.8 Å². The Hall–Kier alpha value is -2.25. The molecule has 1 aliphatic heterocycles. The molecule has 1 aromatic heterocycles. The fourth-order valence-corrected chi connectivity index (χ4v) is 4.82. The van der Waals surface area contributed by atoms with Crippen molar-refractivity contribution < 1.29 is 14.2 Å². The number of anilines is 1. The van der Waals surface area contributed by atoms with Crippen molar-refractivity contribution in [1.29, 1.82) is 0 Å². The van der Waals surface area contributed by atoms with Crippen LogP contribution in [0.1, 0.15) is 62.3 Å². The molecule has 0 unspecified atom stereocenters. The van der Waals surface area contributed by atoms with Crippen LogP contribution < -0.4 is 19.7 Å². The third kappa shape index (κ3) is 5.21. The first-order valence-electron chi connectivity index (χ1n) is 12.0. The Labute approximate surface area is 192 Å². The highest BCUT2D eigenvalue weighted by atomic mass is 16.5. The molecule has 2 heterocycles. The molecule has 1 saturated carbocycles. The first kappa shape index (κ1) is 22.9. The van der Waals surface area contributed by atoms with Crippen LogP contribution in [-0.4, -0.2) is 49.3 Å². The molecule has 0 bridgehead atoms. The van der Waals surface area contributed by atoms with Crippen molar-refractivity contribution >= 4 is 5.82 Å². The lowest BCUT2D eigenvalue weighted by molar-refractivity contribution is 0.122. The smallest absolute Gasteiger partial charge is 0.161 e. The van der Waals surface area contributed by atoms with Crippen LogP contribution in [0.15, 0.2) is 18.2 Å². The number of nitrogens with zero attached hydrogens (tertiary/aromatic N) is 3. The fourth-order valence-electron chi connectivity index (χ4n) is 4.82. The second-order valence-electron chi connectivity index (χ2n) is 9.18. The molecule has 1 aliphatic carbocycles. The number of methoxy groups -OCH3 is 1. The van der Waals surface area contributed by atoms with Crippen LogP contribution >= 0.6 is 0 Å². The van der Waals surface area contributed by atoms with Crippen LogP contribution in [0.5, 0.6) is 11.5 Å². The number of hydrogen-bond acceptors (Lipinski definition) is 6. The molecule has 0 radical (unpaired) electrons. The van der Waals surface area contributed by atoms with Crippen molar-refractivity contribution in [1.82, 2.24) is 15.1 Å². The Morgan fingerprint density at radius 2 is 1.88 bits per heavy atom. The molecule has 1 N–H and O–H groups in total. The quantitative estimate of drug-likeness (QED) is 0.633. The zero-order chi connectivity index (χ0) is 22.5. The molecule has 1 saturated heterocycles. The van der Waals surface area contributed by atoms with Gasteiger partial charge in [0.1, 0.15) is 5.82 Å². The molecule has 176 valence electrons. The van der Waals surface area contributed by atoms with E-state index in [0.29, 0.717) is 12.0 Å². The van der Waals surface area contributed by atoms with Crippen molar-refractivity contribution in [2.75, 3.05) is 38.3 Å². The van der Waals surface area contributed by atoms with E-state index in [2.05, 4.69) is 43.2 Å². The summed E-state index contributed by atoms with van der Waals surface area (Å²) in [5.74, 6) is 3.26. The van der Waals surface area contributed by atoms with Crippen LogP contribution in [0.25, 0.3) is 0 Å². The van der Waals surface area contributed by atoms with Crippen LogP contribution in [0.4, 0.5) is 5.82 Å². The largest absolute Gasteiger partial charge is 0.493 e. The van der Waals surface area contributed by atoms with Crippen molar-refractivity contribution in [3.63, 3.8) is 0 Å². The van der Waals surface area contributed by atoms with E-state index in [1.54, 1.807) is 7.11 Å². The molecule has 0 amide bonds. The van der Waals surface area contributed by atoms with E-state index in [-0.39, 0.29) is 0 Å². The number of nitrogens with one attached hydrogen (secondary N) is 1. The summed E-state index contributed by atoms with van der Waals surface area (Å²) in [6.45, 7) is 9.32. The van der Waals surface area contributed by atoms with Gasteiger partial charge in [-0.25, -0.2) is 0 Å². The predicted molar refractivity (Wildman–Crippen MR) is 127 cm³/mol. The molecule has 4 rings (SSSR count). The lowest BCUT2D eigenvalue weighted by Crippen LogP contribution is -2.38. The van der Waals surface area contributed by atoms with Gasteiger partial charge in [-0.3, -0.25) is 4.68 Å². The zero-order valence-corrected chi connectivity index (χ0v) is 20.0. The molecular weight excluding hydrogens is 404 g/mol. The van der Waals surface area contributed by atoms with Gasteiger partial charge in [0.05, 0.1) is 32.1 Å². The maximum absolute atomic E-state index is 6.27. The van der Waals surface area contributed by atoms with Gasteiger partial charge >= 0.3 is 0 Å². The monoisotopic (exact) mass is 442 g/mol. The number of rotatable bonds is 9. The molecule has 0 atom stereocenters. The first-order valence-corrected chi connectivity index (χ1v) is 12.0. The predicted octanol–water partition coefficient (Wildman–Crippen LogP) is 4.00. The van der Waals surface area contributed by atoms with E-state index >= 15 is 0 Å². The summed E-state index contributed by atoms with van der Waals surface area (Å²) < 4.78 is 19.4. The summed E-state index contributed by atoms with van der Waals surface area (Å²) in [5, 5.41) is 8.52. The number of morpholine rings is 1. The minimum atomic E-state index is 0.312. The average molecular weight is 443 g/mol. The summed E-state index contributed by atoms with van der Waals surface area (Å²) in [7, 11) is 3.76. The normalized spacial score (nSPS) is 17.3. The summed E-state index contributed by atoms with van der Waals surface area (Å²) in [6, 6.07) is 6.26. The molecule has 1 aromatic carbocycles. The topological polar surface area (TPSA) is 60.8 Å². The number of hydrogen-bond donors (Lipinski definition) is 1. The van der Waals surface area contributed by atoms with Gasteiger partial charge in [-0.1, -0.05) is 19.9 Å². The second kappa shape index (κ2) is 10.6. The van der Waals surface area contributed by atoms with Gasteiger partial charge < -0.3 is 24.4 Å². The molecule has 7 heteroatoms.